The maximum atomic E-state index is 13.0. The Morgan fingerprint density at radius 3 is 2.73 bits per heavy atom. The molecule has 0 radical (unpaired) electrons. The first-order valence-corrected chi connectivity index (χ1v) is 9.75. The van der Waals surface area contributed by atoms with E-state index < -0.39 is 11.7 Å². The van der Waals surface area contributed by atoms with E-state index in [9.17, 15) is 18.0 Å². The van der Waals surface area contributed by atoms with Crippen molar-refractivity contribution in [3.05, 3.63) is 53.5 Å². The molecule has 1 aliphatic rings. The molecule has 6 nitrogen and oxygen atoms in total. The molecule has 0 bridgehead atoms. The summed E-state index contributed by atoms with van der Waals surface area (Å²) in [6.07, 6.45) is -1.20. The van der Waals surface area contributed by atoms with Gasteiger partial charge in [0.05, 0.1) is 11.1 Å². The van der Waals surface area contributed by atoms with E-state index in [1.807, 2.05) is 13.0 Å². The minimum Gasteiger partial charge on any atom is -0.369 e. The zero-order valence-corrected chi connectivity index (χ0v) is 16.7. The number of alkyl halides is 3. The molecule has 4 rings (SSSR count). The van der Waals surface area contributed by atoms with Gasteiger partial charge in [-0.1, -0.05) is 6.07 Å². The molecule has 1 aromatic carbocycles. The number of anilines is 1. The number of carbonyl (C=O) groups is 1. The van der Waals surface area contributed by atoms with Gasteiger partial charge in [0.25, 0.3) is 5.91 Å². The van der Waals surface area contributed by atoms with E-state index in [0.717, 1.165) is 42.9 Å². The molecular formula is C21H22F3N5O. The van der Waals surface area contributed by atoms with Crippen molar-refractivity contribution < 1.29 is 18.0 Å². The van der Waals surface area contributed by atoms with Gasteiger partial charge in [0.2, 0.25) is 0 Å². The van der Waals surface area contributed by atoms with Crippen molar-refractivity contribution >= 4 is 22.5 Å². The number of nitrogens with one attached hydrogen (secondary N) is 1. The molecule has 3 aromatic rings. The quantitative estimate of drug-likeness (QED) is 0.706. The molecule has 0 aliphatic carbocycles. The molecule has 1 N–H and O–H groups in total. The summed E-state index contributed by atoms with van der Waals surface area (Å²) in [5.74, 6) is -0.222. The van der Waals surface area contributed by atoms with Crippen LogP contribution in [0.4, 0.5) is 18.9 Å². The molecular weight excluding hydrogens is 395 g/mol. The summed E-state index contributed by atoms with van der Waals surface area (Å²) in [6, 6.07) is 7.10. The highest BCUT2D eigenvalue weighted by atomic mass is 19.4. The second kappa shape index (κ2) is 7.62. The highest BCUT2D eigenvalue weighted by Crippen LogP contribution is 2.34. The molecule has 158 valence electrons. The number of aryl methyl sites for hydroxylation is 2. The van der Waals surface area contributed by atoms with Gasteiger partial charge in [-0.2, -0.15) is 18.3 Å². The van der Waals surface area contributed by atoms with E-state index in [4.69, 9.17) is 0 Å². The summed E-state index contributed by atoms with van der Waals surface area (Å²) >= 11 is 0. The number of benzene rings is 1. The molecule has 9 heteroatoms. The van der Waals surface area contributed by atoms with Crippen LogP contribution in [-0.4, -0.2) is 39.8 Å². The Hall–Kier alpha value is -3.10. The number of hydrogen-bond acceptors (Lipinski definition) is 4. The Balaban J connectivity index is 1.54. The van der Waals surface area contributed by atoms with Gasteiger partial charge in [0.1, 0.15) is 5.69 Å². The SMILES string of the molecule is Cc1cc(C(=O)NC2CCCN(c3ccnc4cc(C(F)(F)F)ccc34)C2)nn1C. The average Bonchev–Trinajstić information content (AvgIpc) is 3.05. The van der Waals surface area contributed by atoms with Crippen molar-refractivity contribution in [1.29, 1.82) is 0 Å². The van der Waals surface area contributed by atoms with Gasteiger partial charge in [-0.05, 0) is 44.0 Å². The summed E-state index contributed by atoms with van der Waals surface area (Å²) in [5.41, 5.74) is 1.68. The van der Waals surface area contributed by atoms with E-state index in [-0.39, 0.29) is 11.9 Å². The zero-order valence-electron chi connectivity index (χ0n) is 16.7. The predicted molar refractivity (Wildman–Crippen MR) is 107 cm³/mol. The van der Waals surface area contributed by atoms with Crippen molar-refractivity contribution in [1.82, 2.24) is 20.1 Å². The van der Waals surface area contributed by atoms with Crippen molar-refractivity contribution in [2.75, 3.05) is 18.0 Å². The molecule has 0 saturated carbocycles. The number of fused-ring (bicyclic) bond motifs is 1. The Kier molecular flexibility index (Phi) is 5.13. The van der Waals surface area contributed by atoms with Crippen LogP contribution in [0, 0.1) is 6.92 Å². The highest BCUT2D eigenvalue weighted by molar-refractivity contribution is 5.93. The van der Waals surface area contributed by atoms with E-state index in [1.54, 1.807) is 17.8 Å². The molecule has 1 saturated heterocycles. The lowest BCUT2D eigenvalue weighted by molar-refractivity contribution is -0.137. The van der Waals surface area contributed by atoms with Gasteiger partial charge in [-0.25, -0.2) is 0 Å². The lowest BCUT2D eigenvalue weighted by Crippen LogP contribution is -2.48. The lowest BCUT2D eigenvalue weighted by atomic mass is 10.0. The Bertz CT molecular complexity index is 1070. The molecule has 1 fully saturated rings. The van der Waals surface area contributed by atoms with Crippen LogP contribution in [0.15, 0.2) is 36.5 Å². The fourth-order valence-electron chi connectivity index (χ4n) is 3.83. The number of carbonyl (C=O) groups excluding carboxylic acids is 1. The maximum absolute atomic E-state index is 13.0. The van der Waals surface area contributed by atoms with E-state index in [0.29, 0.717) is 23.1 Å². The van der Waals surface area contributed by atoms with Gasteiger partial charge in [-0.3, -0.25) is 14.5 Å². The van der Waals surface area contributed by atoms with Gasteiger partial charge >= 0.3 is 6.18 Å². The van der Waals surface area contributed by atoms with Crippen LogP contribution in [-0.2, 0) is 13.2 Å². The van der Waals surface area contributed by atoms with E-state index >= 15 is 0 Å². The number of halogens is 3. The topological polar surface area (TPSA) is 63.1 Å². The van der Waals surface area contributed by atoms with Gasteiger partial charge < -0.3 is 10.2 Å². The third kappa shape index (κ3) is 3.96. The summed E-state index contributed by atoms with van der Waals surface area (Å²) in [4.78, 5) is 18.8. The molecule has 3 heterocycles. The summed E-state index contributed by atoms with van der Waals surface area (Å²) in [5, 5.41) is 7.91. The average molecular weight is 417 g/mol. The van der Waals surface area contributed by atoms with Gasteiger partial charge in [-0.15, -0.1) is 0 Å². The molecule has 1 amide bonds. The summed E-state index contributed by atoms with van der Waals surface area (Å²) in [7, 11) is 1.78. The van der Waals surface area contributed by atoms with E-state index in [2.05, 4.69) is 20.3 Å². The van der Waals surface area contributed by atoms with Crippen molar-refractivity contribution in [2.45, 2.75) is 32.0 Å². The van der Waals surface area contributed by atoms with Crippen LogP contribution in [0.25, 0.3) is 10.9 Å². The number of amides is 1. The second-order valence-corrected chi connectivity index (χ2v) is 7.61. The first-order chi connectivity index (χ1) is 14.2. The van der Waals surface area contributed by atoms with Crippen LogP contribution < -0.4 is 10.2 Å². The number of hydrogen-bond donors (Lipinski definition) is 1. The van der Waals surface area contributed by atoms with Crippen LogP contribution in [0.3, 0.4) is 0 Å². The van der Waals surface area contributed by atoms with Crippen LogP contribution >= 0.6 is 0 Å². The Morgan fingerprint density at radius 1 is 1.23 bits per heavy atom. The maximum Gasteiger partial charge on any atom is 0.416 e. The highest BCUT2D eigenvalue weighted by Gasteiger charge is 2.31. The largest absolute Gasteiger partial charge is 0.416 e. The third-order valence-corrected chi connectivity index (χ3v) is 5.49. The second-order valence-electron chi connectivity index (χ2n) is 7.61. The van der Waals surface area contributed by atoms with Crippen molar-refractivity contribution in [3.8, 4) is 0 Å². The van der Waals surface area contributed by atoms with Crippen LogP contribution in [0.2, 0.25) is 0 Å². The third-order valence-electron chi connectivity index (χ3n) is 5.49. The number of nitrogens with zero attached hydrogens (tertiary/aromatic N) is 4. The van der Waals surface area contributed by atoms with Gasteiger partial charge in [0.15, 0.2) is 0 Å². The van der Waals surface area contributed by atoms with Crippen LogP contribution in [0.1, 0.15) is 34.6 Å². The molecule has 1 aliphatic heterocycles. The number of pyridine rings is 1. The first kappa shape index (κ1) is 20.2. The zero-order chi connectivity index (χ0) is 21.5. The molecule has 1 atom stereocenters. The minimum atomic E-state index is -4.41. The van der Waals surface area contributed by atoms with Gasteiger partial charge in [0, 0.05) is 49.1 Å². The molecule has 0 spiro atoms. The fourth-order valence-corrected chi connectivity index (χ4v) is 3.83. The molecule has 2 aromatic heterocycles. The smallest absolute Gasteiger partial charge is 0.369 e. The predicted octanol–water partition coefficient (Wildman–Crippen LogP) is 3.69. The normalized spacial score (nSPS) is 17.4. The molecule has 1 unspecified atom stereocenters. The Morgan fingerprint density at radius 2 is 2.03 bits per heavy atom. The lowest BCUT2D eigenvalue weighted by Gasteiger charge is -2.35. The van der Waals surface area contributed by atoms with Crippen molar-refractivity contribution in [2.24, 2.45) is 7.05 Å². The monoisotopic (exact) mass is 417 g/mol. The fraction of sp³-hybridized carbons (Fsp3) is 0.381. The minimum absolute atomic E-state index is 0.0776. The molecule has 30 heavy (non-hydrogen) atoms. The van der Waals surface area contributed by atoms with Crippen LogP contribution in [0.5, 0.6) is 0 Å². The number of piperidine rings is 1. The standard InChI is InChI=1S/C21H22F3N5O/c1-13-10-18(27-28(13)2)20(30)26-15-4-3-9-29(12-15)19-7-8-25-17-11-14(21(22,23)24)5-6-16(17)19/h5-8,10-11,15H,3-4,9,12H2,1-2H3,(H,26,30). The summed E-state index contributed by atoms with van der Waals surface area (Å²) < 4.78 is 40.7. The Labute approximate surface area is 171 Å². The van der Waals surface area contributed by atoms with E-state index in [1.165, 1.54) is 12.3 Å². The number of aromatic nitrogens is 3. The summed E-state index contributed by atoms with van der Waals surface area (Å²) in [6.45, 7) is 3.21. The van der Waals surface area contributed by atoms with Crippen molar-refractivity contribution in [3.63, 3.8) is 0 Å². The number of rotatable bonds is 3. The first-order valence-electron chi connectivity index (χ1n) is 9.75.